The van der Waals surface area contributed by atoms with Gasteiger partial charge in [0, 0.05) is 50.7 Å². The smallest absolute Gasteiger partial charge is 0.344 e. The molecule has 33 heavy (non-hydrogen) atoms. The molecule has 0 atom stereocenters. The highest BCUT2D eigenvalue weighted by molar-refractivity contribution is 5.83. The number of fused-ring (bicyclic) bond motifs is 1. The van der Waals surface area contributed by atoms with Crippen molar-refractivity contribution in [3.8, 4) is 28.4 Å². The van der Waals surface area contributed by atoms with Gasteiger partial charge in [-0.2, -0.15) is 0 Å². The van der Waals surface area contributed by atoms with Crippen molar-refractivity contribution < 1.29 is 23.7 Å². The summed E-state index contributed by atoms with van der Waals surface area (Å²) >= 11 is 0. The highest BCUT2D eigenvalue weighted by Gasteiger charge is 2.16. The Morgan fingerprint density at radius 1 is 0.909 bits per heavy atom. The molecule has 0 spiro atoms. The SMILES string of the molecule is COc1ccc(-c2cc3ccc(OCCN4CCN(CCO)CC4)cc3oc2=O)cc1OC. The Hall–Kier alpha value is -3.07. The van der Waals surface area contributed by atoms with Crippen molar-refractivity contribution in [2.75, 3.05) is 66.7 Å². The minimum Gasteiger partial charge on any atom is -0.493 e. The zero-order valence-electron chi connectivity index (χ0n) is 19.1. The fraction of sp³-hybridized carbons (Fsp3) is 0.400. The number of ether oxygens (including phenoxy) is 3. The number of aliphatic hydroxyl groups excluding tert-OH is 1. The first-order valence-electron chi connectivity index (χ1n) is 11.1. The predicted octanol–water partition coefficient (Wildman–Crippen LogP) is 2.47. The fourth-order valence-corrected chi connectivity index (χ4v) is 4.06. The van der Waals surface area contributed by atoms with Gasteiger partial charge in [0.1, 0.15) is 17.9 Å². The molecule has 1 aliphatic rings. The number of aliphatic hydroxyl groups is 1. The van der Waals surface area contributed by atoms with Crippen LogP contribution in [0, 0.1) is 0 Å². The molecule has 0 saturated carbocycles. The van der Waals surface area contributed by atoms with E-state index in [-0.39, 0.29) is 6.61 Å². The van der Waals surface area contributed by atoms with E-state index in [0.717, 1.165) is 44.7 Å². The molecule has 176 valence electrons. The summed E-state index contributed by atoms with van der Waals surface area (Å²) in [6.07, 6.45) is 0. The summed E-state index contributed by atoms with van der Waals surface area (Å²) in [6.45, 7) is 6.18. The molecule has 2 aromatic carbocycles. The van der Waals surface area contributed by atoms with Crippen molar-refractivity contribution in [3.05, 3.63) is 52.9 Å². The fourth-order valence-electron chi connectivity index (χ4n) is 4.06. The molecule has 1 saturated heterocycles. The maximum Gasteiger partial charge on any atom is 0.344 e. The highest BCUT2D eigenvalue weighted by atomic mass is 16.5. The van der Waals surface area contributed by atoms with Gasteiger partial charge in [0.15, 0.2) is 11.5 Å². The van der Waals surface area contributed by atoms with Gasteiger partial charge in [-0.25, -0.2) is 4.79 Å². The van der Waals surface area contributed by atoms with Crippen LogP contribution in [0.5, 0.6) is 17.2 Å². The van der Waals surface area contributed by atoms with Crippen LogP contribution < -0.4 is 19.8 Å². The van der Waals surface area contributed by atoms with Crippen LogP contribution in [0.15, 0.2) is 51.7 Å². The van der Waals surface area contributed by atoms with E-state index in [9.17, 15) is 4.79 Å². The topological polar surface area (TPSA) is 84.6 Å². The first-order valence-corrected chi connectivity index (χ1v) is 11.1. The Morgan fingerprint density at radius 2 is 1.64 bits per heavy atom. The monoisotopic (exact) mass is 454 g/mol. The zero-order valence-corrected chi connectivity index (χ0v) is 19.1. The summed E-state index contributed by atoms with van der Waals surface area (Å²) in [5.41, 5.74) is 1.21. The standard InChI is InChI=1S/C25H30N2O6/c1-30-22-6-4-18(16-24(22)31-2)21-15-19-3-5-20(17-23(19)33-25(21)29)32-14-12-27-9-7-26(8-10-27)11-13-28/h3-6,15-17,28H,7-14H2,1-2H3. The molecule has 0 unspecified atom stereocenters. The molecule has 0 aliphatic carbocycles. The molecule has 4 rings (SSSR count). The molecule has 3 aromatic rings. The van der Waals surface area contributed by atoms with E-state index in [1.165, 1.54) is 0 Å². The molecule has 1 N–H and O–H groups in total. The van der Waals surface area contributed by atoms with Crippen LogP contribution in [0.4, 0.5) is 0 Å². The van der Waals surface area contributed by atoms with Crippen LogP contribution in [0.25, 0.3) is 22.1 Å². The zero-order chi connectivity index (χ0) is 23.2. The minimum atomic E-state index is -0.423. The highest BCUT2D eigenvalue weighted by Crippen LogP contribution is 2.32. The molecule has 8 nitrogen and oxygen atoms in total. The number of methoxy groups -OCH3 is 2. The van der Waals surface area contributed by atoms with Gasteiger partial charge in [-0.15, -0.1) is 0 Å². The Bertz CT molecular complexity index is 1140. The summed E-state index contributed by atoms with van der Waals surface area (Å²) in [4.78, 5) is 17.3. The van der Waals surface area contributed by atoms with Gasteiger partial charge in [0.05, 0.1) is 26.4 Å². The van der Waals surface area contributed by atoms with E-state index >= 15 is 0 Å². The average Bonchev–Trinajstić information content (AvgIpc) is 2.84. The Kier molecular flexibility index (Phi) is 7.49. The van der Waals surface area contributed by atoms with Gasteiger partial charge in [-0.05, 0) is 35.9 Å². The van der Waals surface area contributed by atoms with Crippen LogP contribution in [0.2, 0.25) is 0 Å². The van der Waals surface area contributed by atoms with Gasteiger partial charge in [0.2, 0.25) is 0 Å². The van der Waals surface area contributed by atoms with Gasteiger partial charge < -0.3 is 23.7 Å². The molecule has 0 radical (unpaired) electrons. The number of hydrogen-bond donors (Lipinski definition) is 1. The molecule has 0 bridgehead atoms. The normalized spacial score (nSPS) is 15.0. The Labute approximate surface area is 192 Å². The van der Waals surface area contributed by atoms with Gasteiger partial charge in [0.25, 0.3) is 0 Å². The van der Waals surface area contributed by atoms with Crippen LogP contribution in [-0.2, 0) is 0 Å². The third-order valence-electron chi connectivity index (χ3n) is 5.96. The third kappa shape index (κ3) is 5.47. The lowest BCUT2D eigenvalue weighted by atomic mass is 10.1. The van der Waals surface area contributed by atoms with Crippen molar-refractivity contribution in [3.63, 3.8) is 0 Å². The maximum absolute atomic E-state index is 12.7. The van der Waals surface area contributed by atoms with Gasteiger partial charge >= 0.3 is 5.63 Å². The van der Waals surface area contributed by atoms with E-state index < -0.39 is 5.63 Å². The summed E-state index contributed by atoms with van der Waals surface area (Å²) in [6, 6.07) is 12.7. The second-order valence-corrected chi connectivity index (χ2v) is 7.97. The van der Waals surface area contributed by atoms with E-state index in [1.54, 1.807) is 38.5 Å². The molecule has 2 heterocycles. The molecule has 1 aromatic heterocycles. The lowest BCUT2D eigenvalue weighted by Crippen LogP contribution is -2.48. The van der Waals surface area contributed by atoms with E-state index in [1.807, 2.05) is 18.2 Å². The van der Waals surface area contributed by atoms with Gasteiger partial charge in [-0.3, -0.25) is 9.80 Å². The molecule has 1 aliphatic heterocycles. The minimum absolute atomic E-state index is 0.205. The van der Waals surface area contributed by atoms with Gasteiger partial charge in [-0.1, -0.05) is 6.07 Å². The second kappa shape index (κ2) is 10.7. The number of benzene rings is 2. The van der Waals surface area contributed by atoms with Crippen molar-refractivity contribution in [1.82, 2.24) is 9.80 Å². The van der Waals surface area contributed by atoms with Crippen LogP contribution >= 0.6 is 0 Å². The van der Waals surface area contributed by atoms with Crippen molar-refractivity contribution >= 4 is 11.0 Å². The quantitative estimate of drug-likeness (QED) is 0.494. The molecule has 0 amide bonds. The second-order valence-electron chi connectivity index (χ2n) is 7.97. The summed E-state index contributed by atoms with van der Waals surface area (Å²) in [5.74, 6) is 1.82. The average molecular weight is 455 g/mol. The third-order valence-corrected chi connectivity index (χ3v) is 5.96. The first kappa shape index (κ1) is 23.1. The number of nitrogens with zero attached hydrogens (tertiary/aromatic N) is 2. The van der Waals surface area contributed by atoms with Crippen molar-refractivity contribution in [2.24, 2.45) is 0 Å². The first-order chi connectivity index (χ1) is 16.1. The molecule has 8 heteroatoms. The Balaban J connectivity index is 1.42. The van der Waals surface area contributed by atoms with Crippen LogP contribution in [-0.4, -0.2) is 81.6 Å². The summed E-state index contributed by atoms with van der Waals surface area (Å²) in [5, 5.41) is 9.86. The predicted molar refractivity (Wildman–Crippen MR) is 126 cm³/mol. The Morgan fingerprint density at radius 3 is 2.33 bits per heavy atom. The van der Waals surface area contributed by atoms with E-state index in [0.29, 0.717) is 40.6 Å². The number of piperazine rings is 1. The lowest BCUT2D eigenvalue weighted by molar-refractivity contribution is 0.102. The van der Waals surface area contributed by atoms with E-state index in [2.05, 4.69) is 9.80 Å². The summed E-state index contributed by atoms with van der Waals surface area (Å²) < 4.78 is 22.1. The van der Waals surface area contributed by atoms with Crippen molar-refractivity contribution in [2.45, 2.75) is 0 Å². The molecular formula is C25H30N2O6. The maximum atomic E-state index is 12.7. The van der Waals surface area contributed by atoms with Crippen molar-refractivity contribution in [1.29, 1.82) is 0 Å². The van der Waals surface area contributed by atoms with E-state index in [4.69, 9.17) is 23.7 Å². The lowest BCUT2D eigenvalue weighted by Gasteiger charge is -2.34. The number of rotatable bonds is 9. The largest absolute Gasteiger partial charge is 0.493 e. The molecule has 1 fully saturated rings. The molecular weight excluding hydrogens is 424 g/mol. The number of hydrogen-bond acceptors (Lipinski definition) is 8. The summed E-state index contributed by atoms with van der Waals surface area (Å²) in [7, 11) is 3.13. The van der Waals surface area contributed by atoms with Crippen LogP contribution in [0.3, 0.4) is 0 Å². The number of β-amino-alcohol motifs (C(OH)–C–C–N with tert-alkyl or cyclic N) is 1. The van der Waals surface area contributed by atoms with Crippen LogP contribution in [0.1, 0.15) is 0 Å².